The lowest BCUT2D eigenvalue weighted by molar-refractivity contribution is 0.126. The summed E-state index contributed by atoms with van der Waals surface area (Å²) in [6.07, 6.45) is -0.609. The number of methoxy groups -OCH3 is 1. The number of hydrogen-bond donors (Lipinski definition) is 1. The zero-order valence-electron chi connectivity index (χ0n) is 17.2. The van der Waals surface area contributed by atoms with E-state index in [4.69, 9.17) is 9.47 Å². The predicted octanol–water partition coefficient (Wildman–Crippen LogP) is 4.38. The highest BCUT2D eigenvalue weighted by Gasteiger charge is 2.18. The van der Waals surface area contributed by atoms with Gasteiger partial charge in [0.25, 0.3) is 0 Å². The quantitative estimate of drug-likeness (QED) is 0.525. The Morgan fingerprint density at radius 1 is 1.07 bits per heavy atom. The van der Waals surface area contributed by atoms with Crippen molar-refractivity contribution in [1.29, 1.82) is 0 Å². The first-order chi connectivity index (χ1) is 14.0. The maximum atomic E-state index is 10.3. The van der Waals surface area contributed by atoms with Crippen LogP contribution >= 0.6 is 11.8 Å². The van der Waals surface area contributed by atoms with Crippen LogP contribution < -0.4 is 9.47 Å². The molecule has 2 aromatic carbocycles. The van der Waals surface area contributed by atoms with Gasteiger partial charge in [-0.25, -0.2) is 0 Å². The maximum absolute atomic E-state index is 10.3. The molecule has 0 unspecified atom stereocenters. The van der Waals surface area contributed by atoms with Crippen LogP contribution in [0.3, 0.4) is 0 Å². The van der Waals surface area contributed by atoms with Gasteiger partial charge in [-0.2, -0.15) is 0 Å². The van der Waals surface area contributed by atoms with E-state index in [1.54, 1.807) is 7.11 Å². The molecule has 1 aromatic heterocycles. The third-order valence-corrected chi connectivity index (χ3v) is 5.45. The Bertz CT molecular complexity index is 925. The minimum atomic E-state index is -0.609. The third kappa shape index (κ3) is 5.52. The third-order valence-electron chi connectivity index (χ3n) is 4.37. The molecule has 6 nitrogen and oxygen atoms in total. The molecular weight excluding hydrogens is 386 g/mol. The summed E-state index contributed by atoms with van der Waals surface area (Å²) in [4.78, 5) is 0. The minimum absolute atomic E-state index is 0.185. The molecule has 0 saturated heterocycles. The van der Waals surface area contributed by atoms with Crippen LogP contribution in [0.25, 0.3) is 11.4 Å². The van der Waals surface area contributed by atoms with Gasteiger partial charge in [0.2, 0.25) is 0 Å². The molecule has 29 heavy (non-hydrogen) atoms. The van der Waals surface area contributed by atoms with Crippen LogP contribution in [0.2, 0.25) is 0 Å². The molecule has 0 saturated carbocycles. The molecule has 0 aliphatic rings. The molecule has 0 aliphatic heterocycles. The number of aliphatic hydroxyl groups is 1. The highest BCUT2D eigenvalue weighted by Crippen LogP contribution is 2.29. The van der Waals surface area contributed by atoms with Crippen molar-refractivity contribution in [1.82, 2.24) is 14.8 Å². The van der Waals surface area contributed by atoms with Gasteiger partial charge < -0.3 is 14.6 Å². The first-order valence-corrected chi connectivity index (χ1v) is 10.6. The molecule has 1 N–H and O–H groups in total. The van der Waals surface area contributed by atoms with Gasteiger partial charge in [0.05, 0.1) is 13.2 Å². The van der Waals surface area contributed by atoms with Crippen LogP contribution in [0.15, 0.2) is 53.7 Å². The van der Waals surface area contributed by atoms with Crippen molar-refractivity contribution in [2.45, 2.75) is 38.1 Å². The number of hydrogen-bond acceptors (Lipinski definition) is 6. The number of aliphatic hydroxyl groups excluding tert-OH is 1. The normalized spacial score (nSPS) is 12.2. The largest absolute Gasteiger partial charge is 0.497 e. The van der Waals surface area contributed by atoms with Crippen LogP contribution in [0.5, 0.6) is 11.5 Å². The standard InChI is InChI=1S/C22H27N3O3S/c1-15(2)25-21(17-8-10-19(27-4)11-9-17)23-24-22(25)29-14-18(26)13-28-20-7-5-6-16(3)12-20/h5-12,15,18,26H,13-14H2,1-4H3/t18-/m0/s1. The number of aryl methyl sites for hydroxylation is 1. The Morgan fingerprint density at radius 2 is 1.83 bits per heavy atom. The highest BCUT2D eigenvalue weighted by molar-refractivity contribution is 7.99. The van der Waals surface area contributed by atoms with Crippen molar-refractivity contribution in [2.24, 2.45) is 0 Å². The van der Waals surface area contributed by atoms with Crippen molar-refractivity contribution in [3.05, 3.63) is 54.1 Å². The van der Waals surface area contributed by atoms with Crippen molar-refractivity contribution >= 4 is 11.8 Å². The van der Waals surface area contributed by atoms with Gasteiger partial charge in [0.15, 0.2) is 11.0 Å². The van der Waals surface area contributed by atoms with Gasteiger partial charge in [-0.05, 0) is 62.7 Å². The molecule has 0 spiro atoms. The Kier molecular flexibility index (Phi) is 7.17. The fourth-order valence-corrected chi connectivity index (χ4v) is 3.87. The summed E-state index contributed by atoms with van der Waals surface area (Å²) in [6, 6.07) is 15.8. The van der Waals surface area contributed by atoms with Gasteiger partial charge >= 0.3 is 0 Å². The average molecular weight is 414 g/mol. The molecular formula is C22H27N3O3S. The topological polar surface area (TPSA) is 69.4 Å². The van der Waals surface area contributed by atoms with Crippen LogP contribution in [-0.2, 0) is 0 Å². The van der Waals surface area contributed by atoms with Crippen molar-refractivity contribution in [2.75, 3.05) is 19.5 Å². The monoisotopic (exact) mass is 413 g/mol. The van der Waals surface area contributed by atoms with E-state index in [0.29, 0.717) is 5.75 Å². The maximum Gasteiger partial charge on any atom is 0.191 e. The molecule has 0 bridgehead atoms. The van der Waals surface area contributed by atoms with Gasteiger partial charge in [-0.15, -0.1) is 10.2 Å². The molecule has 3 rings (SSSR count). The number of aromatic nitrogens is 3. The lowest BCUT2D eigenvalue weighted by atomic mass is 10.2. The molecule has 0 amide bonds. The number of rotatable bonds is 9. The van der Waals surface area contributed by atoms with E-state index in [1.165, 1.54) is 11.8 Å². The van der Waals surface area contributed by atoms with E-state index >= 15 is 0 Å². The molecule has 0 radical (unpaired) electrons. The van der Waals surface area contributed by atoms with Gasteiger partial charge in [0, 0.05) is 17.4 Å². The first-order valence-electron chi connectivity index (χ1n) is 9.57. The number of benzene rings is 2. The lowest BCUT2D eigenvalue weighted by Crippen LogP contribution is -2.20. The molecule has 1 atom stereocenters. The smallest absolute Gasteiger partial charge is 0.191 e. The first kappa shape index (κ1) is 21.2. The average Bonchev–Trinajstić information content (AvgIpc) is 3.15. The summed E-state index contributed by atoms with van der Waals surface area (Å²) in [7, 11) is 1.65. The van der Waals surface area contributed by atoms with Gasteiger partial charge in [-0.3, -0.25) is 4.57 Å². The zero-order chi connectivity index (χ0) is 20.8. The van der Waals surface area contributed by atoms with E-state index in [0.717, 1.165) is 33.6 Å². The number of nitrogens with zero attached hydrogens (tertiary/aromatic N) is 3. The summed E-state index contributed by atoms with van der Waals surface area (Å²) in [5.41, 5.74) is 2.10. The fourth-order valence-electron chi connectivity index (χ4n) is 2.89. The van der Waals surface area contributed by atoms with Crippen LogP contribution in [-0.4, -0.2) is 45.4 Å². The summed E-state index contributed by atoms with van der Waals surface area (Å²) < 4.78 is 13.0. The fraction of sp³-hybridized carbons (Fsp3) is 0.364. The second-order valence-corrected chi connectivity index (χ2v) is 8.08. The molecule has 1 heterocycles. The van der Waals surface area contributed by atoms with Crippen molar-refractivity contribution < 1.29 is 14.6 Å². The Balaban J connectivity index is 1.65. The van der Waals surface area contributed by atoms with E-state index < -0.39 is 6.10 Å². The lowest BCUT2D eigenvalue weighted by Gasteiger charge is -2.15. The van der Waals surface area contributed by atoms with E-state index in [1.807, 2.05) is 55.5 Å². The van der Waals surface area contributed by atoms with Crippen LogP contribution in [0.1, 0.15) is 25.5 Å². The second-order valence-electron chi connectivity index (χ2n) is 7.09. The number of ether oxygens (including phenoxy) is 2. The van der Waals surface area contributed by atoms with Crippen LogP contribution in [0.4, 0.5) is 0 Å². The van der Waals surface area contributed by atoms with Crippen molar-refractivity contribution in [3.8, 4) is 22.9 Å². The summed E-state index contributed by atoms with van der Waals surface area (Å²) in [6.45, 7) is 6.44. The molecule has 0 aliphatic carbocycles. The minimum Gasteiger partial charge on any atom is -0.497 e. The molecule has 3 aromatic rings. The Labute approximate surface area is 175 Å². The Hall–Kier alpha value is -2.51. The van der Waals surface area contributed by atoms with E-state index in [2.05, 4.69) is 28.6 Å². The zero-order valence-corrected chi connectivity index (χ0v) is 18.0. The molecule has 0 fully saturated rings. The van der Waals surface area contributed by atoms with Crippen molar-refractivity contribution in [3.63, 3.8) is 0 Å². The molecule has 7 heteroatoms. The molecule has 154 valence electrons. The predicted molar refractivity (Wildman–Crippen MR) is 116 cm³/mol. The summed E-state index contributed by atoms with van der Waals surface area (Å²) in [5.74, 6) is 2.84. The summed E-state index contributed by atoms with van der Waals surface area (Å²) in [5, 5.41) is 19.8. The van der Waals surface area contributed by atoms with E-state index in [9.17, 15) is 5.11 Å². The van der Waals surface area contributed by atoms with E-state index in [-0.39, 0.29) is 12.6 Å². The highest BCUT2D eigenvalue weighted by atomic mass is 32.2. The Morgan fingerprint density at radius 3 is 2.48 bits per heavy atom. The summed E-state index contributed by atoms with van der Waals surface area (Å²) >= 11 is 1.48. The van der Waals surface area contributed by atoms with Crippen LogP contribution in [0, 0.1) is 6.92 Å². The number of thioether (sulfide) groups is 1. The SMILES string of the molecule is COc1ccc(-c2nnc(SC[C@@H](O)COc3cccc(C)c3)n2C(C)C)cc1. The second kappa shape index (κ2) is 9.80. The van der Waals surface area contributed by atoms with Gasteiger partial charge in [-0.1, -0.05) is 23.9 Å². The van der Waals surface area contributed by atoms with Gasteiger partial charge in [0.1, 0.15) is 18.1 Å².